The van der Waals surface area contributed by atoms with E-state index in [0.29, 0.717) is 17.4 Å². The Kier molecular flexibility index (Phi) is 51.3. The molecule has 0 radical (unpaired) electrons. The summed E-state index contributed by atoms with van der Waals surface area (Å²) in [4.78, 5) is 37.4. The smallest absolute Gasteiger partial charge is 0.361 e. The van der Waals surface area contributed by atoms with E-state index in [1.165, 1.54) is 32.1 Å². The van der Waals surface area contributed by atoms with Gasteiger partial charge in [-0.15, -0.1) is 0 Å². The second-order valence-electron chi connectivity index (χ2n) is 19.9. The van der Waals surface area contributed by atoms with Crippen LogP contribution in [0.15, 0.2) is 134 Å². The fourth-order valence-corrected chi connectivity index (χ4v) is 7.21. The van der Waals surface area contributed by atoms with Crippen molar-refractivity contribution in [1.82, 2.24) is 0 Å². The SMILES string of the molecule is CC/C=C\C/C=C\C/C=C\C/C=C\C/C=C\C/C=C\C/C=C\C/C=C\C/C=C\CCCCCCCC(=O)OC(COC(=O)CCCCCCC/C=C\C/C=C\CCCCCC)COC(OCC[N+](C)(C)C)C(=O)O. The Morgan fingerprint density at radius 1 is 0.419 bits per heavy atom. The molecule has 0 saturated carbocycles. The Balaban J connectivity index is 4.33. The number of quaternary nitrogens is 1. The predicted octanol–water partition coefficient (Wildman–Crippen LogP) is 17.1. The highest BCUT2D eigenvalue weighted by molar-refractivity contribution is 5.71. The second-order valence-corrected chi connectivity index (χ2v) is 19.9. The maximum atomic E-state index is 12.9. The van der Waals surface area contributed by atoms with Crippen LogP contribution in [0.5, 0.6) is 0 Å². The normalized spacial score (nSPS) is 13.8. The van der Waals surface area contributed by atoms with Crippen molar-refractivity contribution >= 4 is 17.9 Å². The Hall–Kier alpha value is -4.57. The van der Waals surface area contributed by atoms with E-state index >= 15 is 0 Å². The maximum Gasteiger partial charge on any atom is 0.361 e. The molecule has 9 heteroatoms. The highest BCUT2D eigenvalue weighted by Crippen LogP contribution is 2.13. The molecule has 0 heterocycles. The lowest BCUT2D eigenvalue weighted by Gasteiger charge is -2.25. The first kappa shape index (κ1) is 69.4. The summed E-state index contributed by atoms with van der Waals surface area (Å²) in [5.41, 5.74) is 0. The number of hydrogen-bond acceptors (Lipinski definition) is 7. The van der Waals surface area contributed by atoms with Crippen LogP contribution in [0.2, 0.25) is 0 Å². The van der Waals surface area contributed by atoms with Crippen molar-refractivity contribution in [2.75, 3.05) is 47.5 Å². The Bertz CT molecular complexity index is 1670. The first-order valence-corrected chi connectivity index (χ1v) is 28.8. The van der Waals surface area contributed by atoms with Crippen molar-refractivity contribution in [2.24, 2.45) is 0 Å². The molecule has 2 atom stereocenters. The standard InChI is InChI=1S/C65H105NO8/c1-6-8-10-12-14-16-18-20-22-24-25-26-27-28-29-30-31-32-33-34-35-36-37-38-39-40-42-44-46-48-50-52-54-56-63(68)74-61(60-73-65(64(69)70)71-58-57-66(3,4)5)59-72-62(67)55-53-51-49-47-45-43-41-23-21-19-17-15-13-11-9-7-2/h8,10,14,16-17,19-20,22-23,25-26,28-29,31-32,34-35,37-38,40-42,61,65H,6-7,9,11-13,15,18,21,24,27,30,33,36,39,43-60H2,1-5H3/p+1/b10-8-,16-14-,19-17-,22-20-,26-25-,29-28-,32-31-,35-34-,38-37-,41-23-,42-40-. The van der Waals surface area contributed by atoms with E-state index in [0.717, 1.165) is 135 Å². The van der Waals surface area contributed by atoms with Gasteiger partial charge in [0.1, 0.15) is 13.2 Å². The fourth-order valence-electron chi connectivity index (χ4n) is 7.21. The minimum absolute atomic E-state index is 0.173. The van der Waals surface area contributed by atoms with Crippen molar-refractivity contribution in [1.29, 1.82) is 0 Å². The molecule has 1 N–H and O–H groups in total. The molecule has 0 rings (SSSR count). The van der Waals surface area contributed by atoms with Crippen molar-refractivity contribution in [3.05, 3.63) is 134 Å². The van der Waals surface area contributed by atoms with Gasteiger partial charge in [-0.05, 0) is 116 Å². The number of rotatable bonds is 51. The molecule has 418 valence electrons. The first-order valence-electron chi connectivity index (χ1n) is 28.8. The molecule has 0 aliphatic carbocycles. The van der Waals surface area contributed by atoms with E-state index in [9.17, 15) is 19.5 Å². The van der Waals surface area contributed by atoms with Gasteiger partial charge in [0.25, 0.3) is 6.29 Å². The number of ether oxygens (including phenoxy) is 4. The molecule has 0 aromatic rings. The molecular formula is C65H106NO8+. The minimum atomic E-state index is -1.53. The lowest BCUT2D eigenvalue weighted by molar-refractivity contribution is -0.870. The molecule has 0 aliphatic heterocycles. The van der Waals surface area contributed by atoms with Gasteiger partial charge in [0, 0.05) is 12.8 Å². The zero-order valence-corrected chi connectivity index (χ0v) is 47.4. The monoisotopic (exact) mass is 1030 g/mol. The third kappa shape index (κ3) is 55.2. The molecule has 0 fully saturated rings. The summed E-state index contributed by atoms with van der Waals surface area (Å²) >= 11 is 0. The van der Waals surface area contributed by atoms with E-state index in [1.807, 2.05) is 21.1 Å². The lowest BCUT2D eigenvalue weighted by atomic mass is 10.1. The Morgan fingerprint density at radius 2 is 0.770 bits per heavy atom. The highest BCUT2D eigenvalue weighted by Gasteiger charge is 2.25. The van der Waals surface area contributed by atoms with E-state index in [-0.39, 0.29) is 38.6 Å². The zero-order chi connectivity index (χ0) is 54.1. The number of unbranched alkanes of at least 4 members (excludes halogenated alkanes) is 14. The Morgan fingerprint density at radius 3 is 1.15 bits per heavy atom. The summed E-state index contributed by atoms with van der Waals surface area (Å²) in [6.07, 6.45) is 75.2. The van der Waals surface area contributed by atoms with Gasteiger partial charge in [-0.1, -0.05) is 205 Å². The number of carbonyl (C=O) groups is 3. The third-order valence-corrected chi connectivity index (χ3v) is 11.6. The van der Waals surface area contributed by atoms with Crippen molar-refractivity contribution in [2.45, 2.75) is 212 Å². The van der Waals surface area contributed by atoms with Gasteiger partial charge in [-0.25, -0.2) is 4.79 Å². The predicted molar refractivity (Wildman–Crippen MR) is 313 cm³/mol. The van der Waals surface area contributed by atoms with Crippen LogP contribution in [0.4, 0.5) is 0 Å². The van der Waals surface area contributed by atoms with Crippen molar-refractivity contribution in [3.63, 3.8) is 0 Å². The summed E-state index contributed by atoms with van der Waals surface area (Å²) in [5.74, 6) is -2.07. The maximum absolute atomic E-state index is 12.9. The van der Waals surface area contributed by atoms with Crippen molar-refractivity contribution < 1.29 is 42.9 Å². The van der Waals surface area contributed by atoms with Crippen LogP contribution in [0.25, 0.3) is 0 Å². The van der Waals surface area contributed by atoms with Gasteiger partial charge in [0.2, 0.25) is 0 Å². The molecule has 0 spiro atoms. The van der Waals surface area contributed by atoms with Crippen LogP contribution >= 0.6 is 0 Å². The third-order valence-electron chi connectivity index (χ3n) is 11.6. The molecule has 0 aliphatic rings. The summed E-state index contributed by atoms with van der Waals surface area (Å²) in [6, 6.07) is 0. The number of likely N-dealkylation sites (N-methyl/N-ethyl adjacent to an activating group) is 1. The lowest BCUT2D eigenvalue weighted by Crippen LogP contribution is -2.40. The van der Waals surface area contributed by atoms with Crippen molar-refractivity contribution in [3.8, 4) is 0 Å². The number of esters is 2. The average Bonchev–Trinajstić information content (AvgIpc) is 3.37. The number of allylic oxidation sites excluding steroid dienone is 22. The van der Waals surface area contributed by atoms with Gasteiger partial charge in [-0.2, -0.15) is 0 Å². The van der Waals surface area contributed by atoms with Gasteiger partial charge in [0.15, 0.2) is 6.10 Å². The Labute approximate surface area is 452 Å². The molecular weight excluding hydrogens is 923 g/mol. The van der Waals surface area contributed by atoms with E-state index in [2.05, 4.69) is 148 Å². The molecule has 2 unspecified atom stereocenters. The van der Waals surface area contributed by atoms with Gasteiger partial charge in [-0.3, -0.25) is 9.59 Å². The number of carboxylic acids is 1. The first-order chi connectivity index (χ1) is 36.1. The number of carbonyl (C=O) groups excluding carboxylic acids is 2. The summed E-state index contributed by atoms with van der Waals surface area (Å²) in [7, 11) is 5.94. The minimum Gasteiger partial charge on any atom is -0.477 e. The topological polar surface area (TPSA) is 108 Å². The molecule has 9 nitrogen and oxygen atoms in total. The fraction of sp³-hybridized carbons (Fsp3) is 0.615. The largest absolute Gasteiger partial charge is 0.477 e. The summed E-state index contributed by atoms with van der Waals surface area (Å²) < 4.78 is 22.8. The number of carboxylic acid groups (broad SMARTS) is 1. The summed E-state index contributed by atoms with van der Waals surface area (Å²) in [5, 5.41) is 9.69. The molecule has 0 aromatic carbocycles. The van der Waals surface area contributed by atoms with E-state index < -0.39 is 24.3 Å². The van der Waals surface area contributed by atoms with Crippen LogP contribution in [0, 0.1) is 0 Å². The van der Waals surface area contributed by atoms with Crippen LogP contribution < -0.4 is 0 Å². The van der Waals surface area contributed by atoms with Crippen LogP contribution in [0.3, 0.4) is 0 Å². The molecule has 0 saturated heterocycles. The molecule has 74 heavy (non-hydrogen) atoms. The van der Waals surface area contributed by atoms with Crippen LogP contribution in [-0.4, -0.2) is 87.4 Å². The van der Waals surface area contributed by atoms with E-state index in [4.69, 9.17) is 18.9 Å². The van der Waals surface area contributed by atoms with Gasteiger partial charge < -0.3 is 28.5 Å². The second kappa shape index (κ2) is 54.7. The zero-order valence-electron chi connectivity index (χ0n) is 47.4. The van der Waals surface area contributed by atoms with Gasteiger partial charge in [0.05, 0.1) is 34.4 Å². The molecule has 0 aromatic heterocycles. The highest BCUT2D eigenvalue weighted by atomic mass is 16.7. The van der Waals surface area contributed by atoms with E-state index in [1.54, 1.807) is 0 Å². The van der Waals surface area contributed by atoms with Crippen LogP contribution in [0.1, 0.15) is 200 Å². The number of nitrogens with zero attached hydrogens (tertiary/aromatic N) is 1. The molecule has 0 bridgehead atoms. The quantitative estimate of drug-likeness (QED) is 0.0211. The summed E-state index contributed by atoms with van der Waals surface area (Å²) in [6.45, 7) is 4.68. The van der Waals surface area contributed by atoms with Crippen LogP contribution in [-0.2, 0) is 33.3 Å². The number of aliphatic carboxylic acids is 1. The molecule has 0 amide bonds. The average molecular weight is 1030 g/mol. The van der Waals surface area contributed by atoms with Gasteiger partial charge >= 0.3 is 17.9 Å². The number of hydrogen-bond donors (Lipinski definition) is 1.